The molecule has 31 heavy (non-hydrogen) atoms. The third-order valence-electron chi connectivity index (χ3n) is 3.52. The molecular weight excluding hydrogens is 468 g/mol. The highest BCUT2D eigenvalue weighted by Crippen LogP contribution is 2.42. The van der Waals surface area contributed by atoms with Crippen LogP contribution in [0.3, 0.4) is 0 Å². The average Bonchev–Trinajstić information content (AvgIpc) is 2.61. The molecular formula is C16H13ClF8N4O2. The molecule has 0 heterocycles. The summed E-state index contributed by atoms with van der Waals surface area (Å²) in [6.07, 6.45) is -12.5. The molecule has 0 radical (unpaired) electrons. The number of halogens is 9. The molecule has 0 unspecified atom stereocenters. The summed E-state index contributed by atoms with van der Waals surface area (Å²) in [6, 6.07) is 2.96. The standard InChI is InChI=1S/C16H13ClF8N4O2/c1-2-28-12(30)7-5-6(3-4-8(7)17)29-13(31)10(26)9(15(20,21)22)11(27)14(18,19)16(23,24)25/h3-5,27H,2,26H2,1H3,(H,28,30)(H,29,31)/b10-9+,27-11?. The molecule has 0 spiro atoms. The zero-order valence-corrected chi connectivity index (χ0v) is 16.0. The number of nitrogens with two attached hydrogens (primary N) is 1. The minimum Gasteiger partial charge on any atom is -0.394 e. The zero-order valence-electron chi connectivity index (χ0n) is 15.2. The number of carbonyl (C=O) groups is 2. The van der Waals surface area contributed by atoms with E-state index in [1.807, 2.05) is 0 Å². The summed E-state index contributed by atoms with van der Waals surface area (Å²) in [7, 11) is 0. The van der Waals surface area contributed by atoms with Crippen molar-refractivity contribution in [2.75, 3.05) is 11.9 Å². The number of nitrogens with one attached hydrogen (secondary N) is 3. The topological polar surface area (TPSA) is 108 Å². The summed E-state index contributed by atoms with van der Waals surface area (Å²) in [4.78, 5) is 23.9. The molecule has 15 heteroatoms. The van der Waals surface area contributed by atoms with Crippen molar-refractivity contribution in [1.29, 1.82) is 5.41 Å². The van der Waals surface area contributed by atoms with E-state index in [9.17, 15) is 44.7 Å². The SMILES string of the molecule is CCNC(=O)c1cc(NC(=O)/C(N)=C(/C(=N)C(F)(F)C(F)(F)F)C(F)(F)F)ccc1Cl. The number of carbonyl (C=O) groups excluding carboxylic acids is 2. The fourth-order valence-corrected chi connectivity index (χ4v) is 2.28. The zero-order chi connectivity index (χ0) is 24.4. The van der Waals surface area contributed by atoms with Crippen LogP contribution in [0.1, 0.15) is 17.3 Å². The molecule has 0 aliphatic rings. The van der Waals surface area contributed by atoms with Crippen molar-refractivity contribution in [3.8, 4) is 0 Å². The lowest BCUT2D eigenvalue weighted by Gasteiger charge is -2.24. The van der Waals surface area contributed by atoms with Crippen LogP contribution in [0.4, 0.5) is 40.8 Å². The normalized spacial score (nSPS) is 13.4. The maximum atomic E-state index is 13.3. The monoisotopic (exact) mass is 480 g/mol. The van der Waals surface area contributed by atoms with Gasteiger partial charge in [0.2, 0.25) is 0 Å². The molecule has 2 amide bonds. The number of allylic oxidation sites excluding steroid dienone is 1. The summed E-state index contributed by atoms with van der Waals surface area (Å²) in [5.74, 6) is -8.91. The quantitative estimate of drug-likeness (QED) is 0.280. The van der Waals surface area contributed by atoms with Crippen molar-refractivity contribution in [2.45, 2.75) is 25.2 Å². The van der Waals surface area contributed by atoms with Gasteiger partial charge in [-0.15, -0.1) is 0 Å². The molecule has 5 N–H and O–H groups in total. The van der Waals surface area contributed by atoms with Crippen LogP contribution < -0.4 is 16.4 Å². The lowest BCUT2D eigenvalue weighted by atomic mass is 10.0. The van der Waals surface area contributed by atoms with Gasteiger partial charge in [0.1, 0.15) is 17.0 Å². The van der Waals surface area contributed by atoms with Crippen molar-refractivity contribution in [3.63, 3.8) is 0 Å². The first kappa shape index (κ1) is 26.1. The van der Waals surface area contributed by atoms with Crippen LogP contribution in [-0.2, 0) is 4.79 Å². The van der Waals surface area contributed by atoms with Gasteiger partial charge in [-0.25, -0.2) is 0 Å². The fraction of sp³-hybridized carbons (Fsp3) is 0.312. The van der Waals surface area contributed by atoms with Gasteiger partial charge in [0.25, 0.3) is 11.8 Å². The maximum Gasteiger partial charge on any atom is 0.459 e. The van der Waals surface area contributed by atoms with Crippen molar-refractivity contribution in [3.05, 3.63) is 40.1 Å². The van der Waals surface area contributed by atoms with Crippen molar-refractivity contribution in [2.24, 2.45) is 5.73 Å². The second-order valence-electron chi connectivity index (χ2n) is 5.74. The van der Waals surface area contributed by atoms with Crippen molar-refractivity contribution >= 4 is 34.8 Å². The van der Waals surface area contributed by atoms with Gasteiger partial charge in [-0.2, -0.15) is 35.1 Å². The Labute approximate surface area is 173 Å². The number of hydrogen-bond acceptors (Lipinski definition) is 4. The Hall–Kier alpha value is -2.90. The molecule has 0 atom stereocenters. The summed E-state index contributed by atoms with van der Waals surface area (Å²) in [5, 5.41) is 10.7. The minimum atomic E-state index is -6.55. The number of hydrogen-bond donors (Lipinski definition) is 4. The number of benzene rings is 1. The van der Waals surface area contributed by atoms with Crippen molar-refractivity contribution in [1.82, 2.24) is 5.32 Å². The van der Waals surface area contributed by atoms with E-state index >= 15 is 0 Å². The van der Waals surface area contributed by atoms with E-state index in [0.717, 1.165) is 18.2 Å². The maximum absolute atomic E-state index is 13.3. The minimum absolute atomic E-state index is 0.116. The van der Waals surface area contributed by atoms with Gasteiger partial charge in [0, 0.05) is 12.2 Å². The molecule has 0 aliphatic heterocycles. The van der Waals surface area contributed by atoms with Crippen LogP contribution in [0.25, 0.3) is 0 Å². The number of amides is 2. The molecule has 0 saturated heterocycles. The number of alkyl halides is 8. The van der Waals surface area contributed by atoms with Gasteiger partial charge in [-0.1, -0.05) is 11.6 Å². The third-order valence-corrected chi connectivity index (χ3v) is 3.85. The van der Waals surface area contributed by atoms with Gasteiger partial charge >= 0.3 is 18.3 Å². The van der Waals surface area contributed by atoms with Crippen LogP contribution in [0, 0.1) is 5.41 Å². The second-order valence-corrected chi connectivity index (χ2v) is 6.15. The molecule has 0 bridgehead atoms. The predicted octanol–water partition coefficient (Wildman–Crippen LogP) is 4.02. The summed E-state index contributed by atoms with van der Waals surface area (Å²) >= 11 is 5.80. The first-order valence-corrected chi connectivity index (χ1v) is 8.32. The van der Waals surface area contributed by atoms with E-state index in [2.05, 4.69) is 5.32 Å². The van der Waals surface area contributed by atoms with Crippen LogP contribution in [0.2, 0.25) is 5.02 Å². The number of anilines is 1. The van der Waals surface area contributed by atoms with E-state index in [1.165, 1.54) is 0 Å². The molecule has 0 aromatic heterocycles. The Morgan fingerprint density at radius 2 is 1.65 bits per heavy atom. The van der Waals surface area contributed by atoms with E-state index < -0.39 is 47.1 Å². The average molecular weight is 481 g/mol. The molecule has 0 aliphatic carbocycles. The molecule has 6 nitrogen and oxygen atoms in total. The lowest BCUT2D eigenvalue weighted by molar-refractivity contribution is -0.250. The van der Waals surface area contributed by atoms with E-state index in [1.54, 1.807) is 12.2 Å². The fourth-order valence-electron chi connectivity index (χ4n) is 2.07. The van der Waals surface area contributed by atoms with E-state index in [4.69, 9.17) is 22.7 Å². The van der Waals surface area contributed by atoms with Crippen LogP contribution in [-0.4, -0.2) is 42.3 Å². The van der Waals surface area contributed by atoms with Crippen molar-refractivity contribution < 1.29 is 44.7 Å². The van der Waals surface area contributed by atoms with Gasteiger partial charge in [0.15, 0.2) is 0 Å². The summed E-state index contributed by atoms with van der Waals surface area (Å²) < 4.78 is 103. The Morgan fingerprint density at radius 3 is 2.10 bits per heavy atom. The van der Waals surface area contributed by atoms with Crippen LogP contribution in [0.5, 0.6) is 0 Å². The highest BCUT2D eigenvalue weighted by atomic mass is 35.5. The number of rotatable bonds is 6. The summed E-state index contributed by atoms with van der Waals surface area (Å²) in [5.41, 5.74) is -4.03. The molecule has 0 fully saturated rings. The smallest absolute Gasteiger partial charge is 0.394 e. The lowest BCUT2D eigenvalue weighted by Crippen LogP contribution is -2.48. The first-order chi connectivity index (χ1) is 13.9. The Bertz CT molecular complexity index is 925. The molecule has 0 saturated carbocycles. The van der Waals surface area contributed by atoms with E-state index in [0.29, 0.717) is 0 Å². The first-order valence-electron chi connectivity index (χ1n) is 7.95. The Balaban J connectivity index is 3.41. The van der Waals surface area contributed by atoms with Gasteiger partial charge in [-0.05, 0) is 25.1 Å². The molecule has 172 valence electrons. The Morgan fingerprint density at radius 1 is 1.10 bits per heavy atom. The van der Waals surface area contributed by atoms with Gasteiger partial charge in [0.05, 0.1) is 10.6 Å². The predicted molar refractivity (Wildman–Crippen MR) is 94.1 cm³/mol. The highest BCUT2D eigenvalue weighted by molar-refractivity contribution is 6.34. The van der Waals surface area contributed by atoms with Crippen LogP contribution >= 0.6 is 11.6 Å². The highest BCUT2D eigenvalue weighted by Gasteiger charge is 2.64. The second kappa shape index (κ2) is 9.08. The third kappa shape index (κ3) is 5.83. The van der Waals surface area contributed by atoms with E-state index in [-0.39, 0.29) is 22.8 Å². The largest absolute Gasteiger partial charge is 0.459 e. The molecule has 1 aromatic carbocycles. The van der Waals surface area contributed by atoms with Gasteiger partial charge < -0.3 is 16.4 Å². The Kier molecular flexibility index (Phi) is 7.65. The summed E-state index contributed by atoms with van der Waals surface area (Å²) in [6.45, 7) is 1.74. The van der Waals surface area contributed by atoms with Crippen LogP contribution in [0.15, 0.2) is 29.5 Å². The molecule has 1 aromatic rings. The van der Waals surface area contributed by atoms with Gasteiger partial charge in [-0.3, -0.25) is 15.0 Å². The molecule has 1 rings (SSSR count).